The molecular formula is C13H14BrNOS. The van der Waals surface area contributed by atoms with E-state index in [4.69, 9.17) is 0 Å². The Balaban J connectivity index is 2.15. The Bertz CT molecular complexity index is 498. The molecule has 0 aliphatic carbocycles. The molecule has 0 spiro atoms. The van der Waals surface area contributed by atoms with Gasteiger partial charge in [-0.25, -0.2) is 0 Å². The second-order valence-electron chi connectivity index (χ2n) is 3.89. The quantitative estimate of drug-likeness (QED) is 0.895. The molecule has 2 nitrogen and oxygen atoms in total. The lowest BCUT2D eigenvalue weighted by molar-refractivity contribution is 0.278. The number of anilines is 1. The highest BCUT2D eigenvalue weighted by atomic mass is 79.9. The molecule has 0 radical (unpaired) electrons. The summed E-state index contributed by atoms with van der Waals surface area (Å²) in [6, 6.07) is 12.1. The van der Waals surface area contributed by atoms with Gasteiger partial charge in [-0.05, 0) is 52.7 Å². The van der Waals surface area contributed by atoms with Crippen LogP contribution in [0.25, 0.3) is 0 Å². The number of hydrogen-bond acceptors (Lipinski definition) is 3. The lowest BCUT2D eigenvalue weighted by atomic mass is 10.2. The first-order valence-corrected chi connectivity index (χ1v) is 6.99. The van der Waals surface area contributed by atoms with Crippen LogP contribution in [-0.4, -0.2) is 11.7 Å². The molecule has 0 saturated heterocycles. The van der Waals surface area contributed by atoms with Gasteiger partial charge in [-0.3, -0.25) is 0 Å². The molecule has 4 heteroatoms. The van der Waals surface area contributed by atoms with Crippen molar-refractivity contribution >= 4 is 33.0 Å². The number of aliphatic hydroxyl groups excluding tert-OH is 1. The van der Waals surface area contributed by atoms with Crippen LogP contribution >= 0.6 is 27.3 Å². The van der Waals surface area contributed by atoms with Gasteiger partial charge in [0.1, 0.15) is 0 Å². The first-order chi connectivity index (χ1) is 8.19. The van der Waals surface area contributed by atoms with Gasteiger partial charge in [0.05, 0.1) is 16.4 Å². The number of hydrogen-bond donors (Lipinski definition) is 2. The SMILES string of the molecule is Cc1cccc(NC(CO)c2ccc(Br)s2)c1. The van der Waals surface area contributed by atoms with Gasteiger partial charge in [-0.15, -0.1) is 11.3 Å². The van der Waals surface area contributed by atoms with Crippen LogP contribution in [0.2, 0.25) is 0 Å². The Hall–Kier alpha value is -0.840. The molecule has 0 bridgehead atoms. The number of thiophene rings is 1. The third kappa shape index (κ3) is 3.31. The summed E-state index contributed by atoms with van der Waals surface area (Å²) in [6.45, 7) is 2.14. The van der Waals surface area contributed by atoms with Gasteiger partial charge in [0.25, 0.3) is 0 Å². The molecular weight excluding hydrogens is 298 g/mol. The van der Waals surface area contributed by atoms with Crippen molar-refractivity contribution in [2.24, 2.45) is 0 Å². The summed E-state index contributed by atoms with van der Waals surface area (Å²) in [5.41, 5.74) is 2.24. The van der Waals surface area contributed by atoms with Crippen LogP contribution in [0, 0.1) is 6.92 Å². The van der Waals surface area contributed by atoms with Gasteiger partial charge in [0.15, 0.2) is 0 Å². The average Bonchev–Trinajstić information content (AvgIpc) is 2.73. The van der Waals surface area contributed by atoms with Crippen LogP contribution in [0.4, 0.5) is 5.69 Å². The maximum Gasteiger partial charge on any atom is 0.0838 e. The fraction of sp³-hybridized carbons (Fsp3) is 0.231. The lowest BCUT2D eigenvalue weighted by Gasteiger charge is -2.16. The van der Waals surface area contributed by atoms with E-state index in [9.17, 15) is 5.11 Å². The topological polar surface area (TPSA) is 32.3 Å². The van der Waals surface area contributed by atoms with Crippen molar-refractivity contribution in [1.82, 2.24) is 0 Å². The molecule has 1 aromatic carbocycles. The Morgan fingerprint density at radius 3 is 2.76 bits per heavy atom. The minimum Gasteiger partial charge on any atom is -0.394 e. The summed E-state index contributed by atoms with van der Waals surface area (Å²) in [4.78, 5) is 1.13. The van der Waals surface area contributed by atoms with E-state index < -0.39 is 0 Å². The van der Waals surface area contributed by atoms with Crippen molar-refractivity contribution in [2.75, 3.05) is 11.9 Å². The molecule has 1 atom stereocenters. The molecule has 1 heterocycles. The van der Waals surface area contributed by atoms with Crippen LogP contribution < -0.4 is 5.32 Å². The molecule has 0 fully saturated rings. The van der Waals surface area contributed by atoms with Crippen LogP contribution in [0.5, 0.6) is 0 Å². The smallest absolute Gasteiger partial charge is 0.0838 e. The van der Waals surface area contributed by atoms with Gasteiger partial charge >= 0.3 is 0 Å². The highest BCUT2D eigenvalue weighted by Gasteiger charge is 2.12. The molecule has 2 aromatic rings. The predicted molar refractivity (Wildman–Crippen MR) is 76.6 cm³/mol. The van der Waals surface area contributed by atoms with Gasteiger partial charge in [-0.2, -0.15) is 0 Å². The van der Waals surface area contributed by atoms with Crippen LogP contribution in [0.15, 0.2) is 40.2 Å². The monoisotopic (exact) mass is 311 g/mol. The number of aryl methyl sites for hydroxylation is 1. The maximum absolute atomic E-state index is 9.45. The van der Waals surface area contributed by atoms with E-state index >= 15 is 0 Å². The molecule has 1 aromatic heterocycles. The van der Waals surface area contributed by atoms with Crippen molar-refractivity contribution in [3.8, 4) is 0 Å². The molecule has 0 aliphatic heterocycles. The Morgan fingerprint density at radius 2 is 2.18 bits per heavy atom. The summed E-state index contributed by atoms with van der Waals surface area (Å²) < 4.78 is 1.08. The van der Waals surface area contributed by atoms with Crippen molar-refractivity contribution in [3.05, 3.63) is 50.6 Å². The Labute approximate surface area is 113 Å². The lowest BCUT2D eigenvalue weighted by Crippen LogP contribution is -2.13. The zero-order chi connectivity index (χ0) is 12.3. The van der Waals surface area contributed by atoms with E-state index in [1.165, 1.54) is 5.56 Å². The summed E-state index contributed by atoms with van der Waals surface area (Å²) >= 11 is 5.07. The van der Waals surface area contributed by atoms with Crippen LogP contribution in [0.1, 0.15) is 16.5 Å². The molecule has 0 amide bonds. The van der Waals surface area contributed by atoms with Crippen molar-refractivity contribution < 1.29 is 5.11 Å². The van der Waals surface area contributed by atoms with E-state index in [2.05, 4.69) is 40.3 Å². The fourth-order valence-electron chi connectivity index (χ4n) is 1.66. The van der Waals surface area contributed by atoms with E-state index in [0.29, 0.717) is 0 Å². The third-order valence-corrected chi connectivity index (χ3v) is 4.22. The maximum atomic E-state index is 9.45. The standard InChI is InChI=1S/C13H14BrNOS/c1-9-3-2-4-10(7-9)15-11(8-16)12-5-6-13(14)17-12/h2-7,11,15-16H,8H2,1H3. The second-order valence-corrected chi connectivity index (χ2v) is 6.39. The molecule has 17 heavy (non-hydrogen) atoms. The second kappa shape index (κ2) is 5.67. The highest BCUT2D eigenvalue weighted by molar-refractivity contribution is 9.11. The normalized spacial score (nSPS) is 12.4. The first kappa shape index (κ1) is 12.6. The van der Waals surface area contributed by atoms with Crippen molar-refractivity contribution in [1.29, 1.82) is 0 Å². The zero-order valence-electron chi connectivity index (χ0n) is 9.48. The summed E-state index contributed by atoms with van der Waals surface area (Å²) in [6.07, 6.45) is 0. The minimum absolute atomic E-state index is 0.0481. The fourth-order valence-corrected chi connectivity index (χ4v) is 3.12. The first-order valence-electron chi connectivity index (χ1n) is 5.38. The molecule has 0 saturated carbocycles. The van der Waals surface area contributed by atoms with E-state index in [-0.39, 0.29) is 12.6 Å². The van der Waals surface area contributed by atoms with E-state index in [0.717, 1.165) is 14.4 Å². The van der Waals surface area contributed by atoms with Crippen molar-refractivity contribution in [2.45, 2.75) is 13.0 Å². The van der Waals surface area contributed by atoms with E-state index in [1.54, 1.807) is 11.3 Å². The number of nitrogens with one attached hydrogen (secondary N) is 1. The minimum atomic E-state index is -0.0481. The Kier molecular flexibility index (Phi) is 4.20. The molecule has 1 unspecified atom stereocenters. The number of aliphatic hydroxyl groups is 1. The van der Waals surface area contributed by atoms with Crippen LogP contribution in [0.3, 0.4) is 0 Å². The van der Waals surface area contributed by atoms with Gasteiger partial charge < -0.3 is 10.4 Å². The van der Waals surface area contributed by atoms with Gasteiger partial charge in [0, 0.05) is 10.6 Å². The number of benzene rings is 1. The average molecular weight is 312 g/mol. The summed E-state index contributed by atoms with van der Waals surface area (Å²) in [5, 5.41) is 12.8. The molecule has 90 valence electrons. The van der Waals surface area contributed by atoms with Gasteiger partial charge in [-0.1, -0.05) is 12.1 Å². The van der Waals surface area contributed by atoms with Gasteiger partial charge in [0.2, 0.25) is 0 Å². The van der Waals surface area contributed by atoms with E-state index in [1.807, 2.05) is 24.3 Å². The summed E-state index contributed by atoms with van der Waals surface area (Å²) in [7, 11) is 0. The zero-order valence-corrected chi connectivity index (χ0v) is 11.9. The number of halogens is 1. The predicted octanol–water partition coefficient (Wildman–Crippen LogP) is 3.96. The third-order valence-electron chi connectivity index (χ3n) is 2.48. The molecule has 2 rings (SSSR count). The number of rotatable bonds is 4. The summed E-state index contributed by atoms with van der Waals surface area (Å²) in [5.74, 6) is 0. The molecule has 0 aliphatic rings. The largest absolute Gasteiger partial charge is 0.394 e. The molecule has 2 N–H and O–H groups in total. The highest BCUT2D eigenvalue weighted by Crippen LogP contribution is 2.29. The van der Waals surface area contributed by atoms with Crippen molar-refractivity contribution in [3.63, 3.8) is 0 Å². The van der Waals surface area contributed by atoms with Crippen LogP contribution in [-0.2, 0) is 0 Å². The Morgan fingerprint density at radius 1 is 1.35 bits per heavy atom.